The molecular weight excluding hydrogens is 348 g/mol. The van der Waals surface area contributed by atoms with E-state index in [-0.39, 0.29) is 11.3 Å². The van der Waals surface area contributed by atoms with Gasteiger partial charge in [0.1, 0.15) is 5.82 Å². The van der Waals surface area contributed by atoms with Crippen molar-refractivity contribution >= 4 is 16.9 Å². The van der Waals surface area contributed by atoms with Crippen LogP contribution in [-0.2, 0) is 11.2 Å². The fraction of sp³-hybridized carbons (Fsp3) is 0.391. The highest BCUT2D eigenvalue weighted by atomic mass is 16.1. The first-order valence-electron chi connectivity index (χ1n) is 9.79. The Hall–Kier alpha value is -2.66. The third kappa shape index (κ3) is 4.98. The van der Waals surface area contributed by atoms with Crippen LogP contribution in [0.5, 0.6) is 0 Å². The lowest BCUT2D eigenvalue weighted by Crippen LogP contribution is -2.40. The van der Waals surface area contributed by atoms with Crippen LogP contribution in [0.1, 0.15) is 26.1 Å². The highest BCUT2D eigenvalue weighted by Gasteiger charge is 2.20. The highest BCUT2D eigenvalue weighted by Crippen LogP contribution is 2.22. The second-order valence-corrected chi connectivity index (χ2v) is 8.37. The van der Waals surface area contributed by atoms with Gasteiger partial charge in [0.2, 0.25) is 5.91 Å². The zero-order chi connectivity index (χ0) is 20.1. The van der Waals surface area contributed by atoms with Crippen molar-refractivity contribution in [2.75, 3.05) is 27.2 Å². The molecule has 2 aromatic carbocycles. The number of hydrogen-bond donors (Lipinski definition) is 1. The third-order valence-corrected chi connectivity index (χ3v) is 4.73. The second-order valence-electron chi connectivity index (χ2n) is 8.37. The summed E-state index contributed by atoms with van der Waals surface area (Å²) in [5, 5.41) is 3.09. The molecular formula is C23H30N4O. The second kappa shape index (κ2) is 8.57. The van der Waals surface area contributed by atoms with Crippen molar-refractivity contribution < 1.29 is 4.79 Å². The first kappa shape index (κ1) is 20.1. The zero-order valence-electron chi connectivity index (χ0n) is 17.3. The molecule has 0 aliphatic carbocycles. The standard InChI is InChI=1S/C23H30N4O/c1-23(2,17-26(3)4)16-24-22(28)15-14-21-25-19-12-8-9-13-20(19)27(21)18-10-6-5-7-11-18/h5-13H,14-17H2,1-4H3,(H,24,28). The maximum absolute atomic E-state index is 12.5. The van der Waals surface area contributed by atoms with Crippen LogP contribution in [0.2, 0.25) is 0 Å². The van der Waals surface area contributed by atoms with Gasteiger partial charge in [-0.2, -0.15) is 0 Å². The fourth-order valence-electron chi connectivity index (χ4n) is 3.67. The molecule has 3 aromatic rings. The molecule has 0 aliphatic rings. The number of aryl methyl sites for hydroxylation is 1. The Labute approximate surface area is 167 Å². The summed E-state index contributed by atoms with van der Waals surface area (Å²) in [7, 11) is 4.11. The van der Waals surface area contributed by atoms with Crippen LogP contribution < -0.4 is 5.32 Å². The van der Waals surface area contributed by atoms with Gasteiger partial charge in [-0.1, -0.05) is 44.2 Å². The summed E-state index contributed by atoms with van der Waals surface area (Å²) < 4.78 is 2.15. The number of nitrogens with zero attached hydrogens (tertiary/aromatic N) is 3. The van der Waals surface area contributed by atoms with E-state index < -0.39 is 0 Å². The van der Waals surface area contributed by atoms with E-state index in [9.17, 15) is 4.79 Å². The van der Waals surface area contributed by atoms with E-state index in [1.165, 1.54) is 0 Å². The van der Waals surface area contributed by atoms with Crippen molar-refractivity contribution in [1.29, 1.82) is 0 Å². The van der Waals surface area contributed by atoms with Crippen molar-refractivity contribution in [3.05, 3.63) is 60.4 Å². The number of hydrogen-bond acceptors (Lipinski definition) is 3. The van der Waals surface area contributed by atoms with Gasteiger partial charge < -0.3 is 10.2 Å². The molecule has 0 saturated carbocycles. The van der Waals surface area contributed by atoms with Crippen LogP contribution in [0, 0.1) is 5.41 Å². The lowest BCUT2D eigenvalue weighted by atomic mass is 9.93. The van der Waals surface area contributed by atoms with Crippen molar-refractivity contribution in [2.24, 2.45) is 5.41 Å². The molecule has 3 rings (SSSR count). The van der Waals surface area contributed by atoms with Crippen molar-refractivity contribution in [3.8, 4) is 5.69 Å². The third-order valence-electron chi connectivity index (χ3n) is 4.73. The van der Waals surface area contributed by atoms with Crippen LogP contribution in [0.25, 0.3) is 16.7 Å². The number of aromatic nitrogens is 2. The number of carbonyl (C=O) groups excluding carboxylic acids is 1. The monoisotopic (exact) mass is 378 g/mol. The molecule has 0 saturated heterocycles. The minimum Gasteiger partial charge on any atom is -0.356 e. The summed E-state index contributed by atoms with van der Waals surface area (Å²) in [4.78, 5) is 19.4. The lowest BCUT2D eigenvalue weighted by molar-refractivity contribution is -0.121. The van der Waals surface area contributed by atoms with Crippen molar-refractivity contribution in [3.63, 3.8) is 0 Å². The number of rotatable bonds is 8. The first-order chi connectivity index (χ1) is 13.4. The van der Waals surface area contributed by atoms with Gasteiger partial charge in [-0.15, -0.1) is 0 Å². The number of imidazole rings is 1. The number of fused-ring (bicyclic) bond motifs is 1. The van der Waals surface area contributed by atoms with Crippen LogP contribution in [0.3, 0.4) is 0 Å². The Morgan fingerprint density at radius 1 is 1.07 bits per heavy atom. The van der Waals surface area contributed by atoms with Gasteiger partial charge in [0.05, 0.1) is 11.0 Å². The fourth-order valence-corrected chi connectivity index (χ4v) is 3.67. The largest absolute Gasteiger partial charge is 0.356 e. The van der Waals surface area contributed by atoms with E-state index in [1.54, 1.807) is 0 Å². The van der Waals surface area contributed by atoms with Gasteiger partial charge in [-0.3, -0.25) is 9.36 Å². The maximum Gasteiger partial charge on any atom is 0.220 e. The molecule has 1 aromatic heterocycles. The molecule has 0 fully saturated rings. The molecule has 0 atom stereocenters. The van der Waals surface area contributed by atoms with Crippen LogP contribution in [-0.4, -0.2) is 47.5 Å². The summed E-state index contributed by atoms with van der Waals surface area (Å²) in [6.45, 7) is 5.93. The van der Waals surface area contributed by atoms with Crippen LogP contribution in [0.15, 0.2) is 54.6 Å². The number of para-hydroxylation sites is 3. The minimum atomic E-state index is 0.0380. The molecule has 5 heteroatoms. The minimum absolute atomic E-state index is 0.0380. The molecule has 148 valence electrons. The number of nitrogens with one attached hydrogen (secondary N) is 1. The predicted molar refractivity (Wildman–Crippen MR) is 115 cm³/mol. The van der Waals surface area contributed by atoms with Crippen LogP contribution >= 0.6 is 0 Å². The summed E-state index contributed by atoms with van der Waals surface area (Å²) in [5.41, 5.74) is 3.12. The Morgan fingerprint density at radius 3 is 2.46 bits per heavy atom. The average molecular weight is 379 g/mol. The van der Waals surface area contributed by atoms with E-state index in [2.05, 4.69) is 60.9 Å². The molecule has 0 bridgehead atoms. The molecule has 0 radical (unpaired) electrons. The van der Waals surface area contributed by atoms with Gasteiger partial charge in [0.25, 0.3) is 0 Å². The zero-order valence-corrected chi connectivity index (χ0v) is 17.3. The van der Waals surface area contributed by atoms with Gasteiger partial charge in [0.15, 0.2) is 0 Å². The Morgan fingerprint density at radius 2 is 1.75 bits per heavy atom. The molecule has 5 nitrogen and oxygen atoms in total. The first-order valence-corrected chi connectivity index (χ1v) is 9.79. The number of benzene rings is 2. The summed E-state index contributed by atoms with van der Waals surface area (Å²) in [6, 6.07) is 18.3. The van der Waals surface area contributed by atoms with E-state index in [0.717, 1.165) is 29.1 Å². The normalized spacial score (nSPS) is 11.9. The van der Waals surface area contributed by atoms with E-state index >= 15 is 0 Å². The highest BCUT2D eigenvalue weighted by molar-refractivity contribution is 5.79. The van der Waals surface area contributed by atoms with Gasteiger partial charge >= 0.3 is 0 Å². The molecule has 28 heavy (non-hydrogen) atoms. The Balaban J connectivity index is 1.72. The van der Waals surface area contributed by atoms with Gasteiger partial charge in [-0.05, 0) is 43.8 Å². The summed E-state index contributed by atoms with van der Waals surface area (Å²) in [5.74, 6) is 0.980. The molecule has 1 heterocycles. The van der Waals surface area contributed by atoms with Crippen LogP contribution in [0.4, 0.5) is 0 Å². The average Bonchev–Trinajstić information content (AvgIpc) is 3.03. The topological polar surface area (TPSA) is 50.2 Å². The number of amides is 1. The van der Waals surface area contributed by atoms with E-state index in [4.69, 9.17) is 4.98 Å². The molecule has 0 aliphatic heterocycles. The Kier molecular flexibility index (Phi) is 6.15. The SMILES string of the molecule is CN(C)CC(C)(C)CNC(=O)CCc1nc2ccccc2n1-c1ccccc1. The van der Waals surface area contributed by atoms with Crippen molar-refractivity contribution in [2.45, 2.75) is 26.7 Å². The molecule has 1 amide bonds. The van der Waals surface area contributed by atoms with E-state index in [0.29, 0.717) is 19.4 Å². The summed E-state index contributed by atoms with van der Waals surface area (Å²) >= 11 is 0. The molecule has 1 N–H and O–H groups in total. The van der Waals surface area contributed by atoms with Gasteiger partial charge in [-0.25, -0.2) is 4.98 Å². The lowest BCUT2D eigenvalue weighted by Gasteiger charge is -2.28. The van der Waals surface area contributed by atoms with Crippen molar-refractivity contribution in [1.82, 2.24) is 19.8 Å². The Bertz CT molecular complexity index is 928. The predicted octanol–water partition coefficient (Wildman–Crippen LogP) is 3.66. The number of carbonyl (C=O) groups is 1. The smallest absolute Gasteiger partial charge is 0.220 e. The summed E-state index contributed by atoms with van der Waals surface area (Å²) in [6.07, 6.45) is 1.03. The van der Waals surface area contributed by atoms with Gasteiger partial charge in [0, 0.05) is 31.6 Å². The molecule has 0 unspecified atom stereocenters. The van der Waals surface area contributed by atoms with E-state index in [1.807, 2.05) is 36.4 Å². The quantitative estimate of drug-likeness (QED) is 0.651. The molecule has 0 spiro atoms. The maximum atomic E-state index is 12.5.